The van der Waals surface area contributed by atoms with Gasteiger partial charge in [0.15, 0.2) is 0 Å². The van der Waals surface area contributed by atoms with Crippen molar-refractivity contribution in [2.45, 2.75) is 45.6 Å². The molecule has 0 heterocycles. The molecule has 2 rings (SSSR count). The zero-order valence-corrected chi connectivity index (χ0v) is 10.5. The predicted molar refractivity (Wildman–Crippen MR) is 69.7 cm³/mol. The second kappa shape index (κ2) is 5.49. The molecule has 0 spiro atoms. The van der Waals surface area contributed by atoms with Crippen LogP contribution in [0, 0.1) is 12.8 Å². The first kappa shape index (κ1) is 11.7. The molecule has 1 heteroatoms. The highest BCUT2D eigenvalue weighted by Crippen LogP contribution is 2.28. The summed E-state index contributed by atoms with van der Waals surface area (Å²) in [5.74, 6) is 0.894. The van der Waals surface area contributed by atoms with Crippen LogP contribution in [0.5, 0.6) is 0 Å². The van der Waals surface area contributed by atoms with Crippen molar-refractivity contribution in [1.29, 1.82) is 0 Å². The first-order valence-electron chi connectivity index (χ1n) is 6.57. The molecule has 1 saturated carbocycles. The molecular formula is C15H23N. The highest BCUT2D eigenvalue weighted by Gasteiger charge is 2.23. The molecule has 88 valence electrons. The lowest BCUT2D eigenvalue weighted by molar-refractivity contribution is 0.493. The number of hydrogen-bond acceptors (Lipinski definition) is 1. The summed E-state index contributed by atoms with van der Waals surface area (Å²) in [6, 6.07) is 9.74. The minimum absolute atomic E-state index is 0.778. The molecule has 1 aromatic carbocycles. The number of benzene rings is 1. The Balaban J connectivity index is 1.87. The molecule has 0 bridgehead atoms. The largest absolute Gasteiger partial charge is 0.314 e. The summed E-state index contributed by atoms with van der Waals surface area (Å²) in [6.45, 7) is 5.50. The summed E-state index contributed by atoms with van der Waals surface area (Å²) >= 11 is 0. The van der Waals surface area contributed by atoms with E-state index in [-0.39, 0.29) is 0 Å². The summed E-state index contributed by atoms with van der Waals surface area (Å²) in [5, 5.41) is 3.57. The van der Waals surface area contributed by atoms with E-state index < -0.39 is 0 Å². The van der Waals surface area contributed by atoms with Gasteiger partial charge in [-0.15, -0.1) is 0 Å². The maximum atomic E-state index is 3.57. The van der Waals surface area contributed by atoms with Gasteiger partial charge in [0.1, 0.15) is 0 Å². The van der Waals surface area contributed by atoms with Gasteiger partial charge in [-0.2, -0.15) is 0 Å². The molecule has 0 saturated heterocycles. The van der Waals surface area contributed by atoms with Crippen LogP contribution in [0.1, 0.15) is 37.3 Å². The lowest BCUT2D eigenvalue weighted by Crippen LogP contribution is -2.25. The summed E-state index contributed by atoms with van der Waals surface area (Å²) in [4.78, 5) is 0. The van der Waals surface area contributed by atoms with Crippen LogP contribution in [0.3, 0.4) is 0 Å². The van der Waals surface area contributed by atoms with Crippen LogP contribution in [-0.2, 0) is 6.42 Å². The maximum absolute atomic E-state index is 3.57. The molecule has 16 heavy (non-hydrogen) atoms. The minimum atomic E-state index is 0.778. The lowest BCUT2D eigenvalue weighted by Gasteiger charge is -2.12. The van der Waals surface area contributed by atoms with Crippen LogP contribution in [0.4, 0.5) is 0 Å². The molecule has 1 aliphatic rings. The van der Waals surface area contributed by atoms with Gasteiger partial charge >= 0.3 is 0 Å². The average molecular weight is 217 g/mol. The van der Waals surface area contributed by atoms with E-state index in [1.165, 1.54) is 36.8 Å². The summed E-state index contributed by atoms with van der Waals surface area (Å²) in [5.41, 5.74) is 2.90. The fourth-order valence-corrected chi connectivity index (χ4v) is 2.91. The topological polar surface area (TPSA) is 12.0 Å². The Labute approximate surface area is 99.3 Å². The van der Waals surface area contributed by atoms with E-state index in [0.29, 0.717) is 0 Å². The van der Waals surface area contributed by atoms with Crippen LogP contribution >= 0.6 is 0 Å². The van der Waals surface area contributed by atoms with Crippen LogP contribution in [0.2, 0.25) is 0 Å². The molecule has 2 unspecified atom stereocenters. The van der Waals surface area contributed by atoms with Crippen LogP contribution < -0.4 is 5.32 Å². The normalized spacial score (nSPS) is 24.9. The molecule has 2 atom stereocenters. The summed E-state index contributed by atoms with van der Waals surface area (Å²) in [6.07, 6.45) is 5.39. The Kier molecular flexibility index (Phi) is 4.00. The molecule has 0 amide bonds. The van der Waals surface area contributed by atoms with Gasteiger partial charge in [0.2, 0.25) is 0 Å². The molecule has 0 aromatic heterocycles. The molecule has 1 aliphatic carbocycles. The third-order valence-corrected chi connectivity index (χ3v) is 3.64. The van der Waals surface area contributed by atoms with Gasteiger partial charge < -0.3 is 5.32 Å². The zero-order valence-electron chi connectivity index (χ0n) is 10.5. The quantitative estimate of drug-likeness (QED) is 0.816. The SMILES string of the molecule is CCNC1CCC(Cc2cccc(C)c2)C1. The first-order chi connectivity index (χ1) is 7.78. The third kappa shape index (κ3) is 3.08. The van der Waals surface area contributed by atoms with Gasteiger partial charge in [0.05, 0.1) is 0 Å². The van der Waals surface area contributed by atoms with Crippen LogP contribution in [0.15, 0.2) is 24.3 Å². The monoisotopic (exact) mass is 217 g/mol. The smallest absolute Gasteiger partial charge is 0.00698 e. The van der Waals surface area contributed by atoms with E-state index in [2.05, 4.69) is 43.4 Å². The molecule has 1 N–H and O–H groups in total. The highest BCUT2D eigenvalue weighted by molar-refractivity contribution is 5.22. The number of aryl methyl sites for hydroxylation is 1. The molecule has 1 fully saturated rings. The second-order valence-corrected chi connectivity index (χ2v) is 5.13. The maximum Gasteiger partial charge on any atom is 0.00698 e. The fraction of sp³-hybridized carbons (Fsp3) is 0.600. The highest BCUT2D eigenvalue weighted by atomic mass is 14.9. The lowest BCUT2D eigenvalue weighted by atomic mass is 9.97. The summed E-state index contributed by atoms with van der Waals surface area (Å²) < 4.78 is 0. The Hall–Kier alpha value is -0.820. The molecule has 1 aromatic rings. The number of rotatable bonds is 4. The zero-order chi connectivity index (χ0) is 11.4. The van der Waals surface area contributed by atoms with Gasteiger partial charge in [0.25, 0.3) is 0 Å². The number of nitrogens with one attached hydrogen (secondary N) is 1. The Morgan fingerprint density at radius 2 is 2.19 bits per heavy atom. The molecule has 1 nitrogen and oxygen atoms in total. The van der Waals surface area contributed by atoms with Crippen molar-refractivity contribution in [3.63, 3.8) is 0 Å². The van der Waals surface area contributed by atoms with Crippen LogP contribution in [-0.4, -0.2) is 12.6 Å². The van der Waals surface area contributed by atoms with Crippen molar-refractivity contribution >= 4 is 0 Å². The van der Waals surface area contributed by atoms with E-state index in [0.717, 1.165) is 18.5 Å². The molecule has 0 aliphatic heterocycles. The van der Waals surface area contributed by atoms with Gasteiger partial charge in [-0.05, 0) is 50.6 Å². The van der Waals surface area contributed by atoms with E-state index in [4.69, 9.17) is 0 Å². The fourth-order valence-electron chi connectivity index (χ4n) is 2.91. The van der Waals surface area contributed by atoms with Crippen molar-refractivity contribution < 1.29 is 0 Å². The van der Waals surface area contributed by atoms with Crippen molar-refractivity contribution in [3.8, 4) is 0 Å². The van der Waals surface area contributed by atoms with E-state index in [9.17, 15) is 0 Å². The van der Waals surface area contributed by atoms with Crippen molar-refractivity contribution in [2.24, 2.45) is 5.92 Å². The minimum Gasteiger partial charge on any atom is -0.314 e. The van der Waals surface area contributed by atoms with Gasteiger partial charge in [0, 0.05) is 6.04 Å². The van der Waals surface area contributed by atoms with Crippen molar-refractivity contribution in [3.05, 3.63) is 35.4 Å². The first-order valence-corrected chi connectivity index (χ1v) is 6.57. The number of hydrogen-bond donors (Lipinski definition) is 1. The van der Waals surface area contributed by atoms with E-state index >= 15 is 0 Å². The van der Waals surface area contributed by atoms with Crippen molar-refractivity contribution in [1.82, 2.24) is 5.32 Å². The van der Waals surface area contributed by atoms with Gasteiger partial charge in [-0.1, -0.05) is 36.8 Å². The van der Waals surface area contributed by atoms with Crippen LogP contribution in [0.25, 0.3) is 0 Å². The molecular weight excluding hydrogens is 194 g/mol. The van der Waals surface area contributed by atoms with Crippen molar-refractivity contribution in [2.75, 3.05) is 6.54 Å². The predicted octanol–water partition coefficient (Wildman–Crippen LogP) is 3.32. The van der Waals surface area contributed by atoms with E-state index in [1.807, 2.05) is 0 Å². The second-order valence-electron chi connectivity index (χ2n) is 5.13. The Bertz CT molecular complexity index is 332. The Morgan fingerprint density at radius 1 is 1.31 bits per heavy atom. The average Bonchev–Trinajstić information content (AvgIpc) is 2.66. The van der Waals surface area contributed by atoms with Gasteiger partial charge in [-0.3, -0.25) is 0 Å². The standard InChI is InChI=1S/C15H23N/c1-3-16-15-8-7-14(11-15)10-13-6-4-5-12(2)9-13/h4-6,9,14-16H,3,7-8,10-11H2,1-2H3. The third-order valence-electron chi connectivity index (χ3n) is 3.64. The van der Waals surface area contributed by atoms with E-state index in [1.54, 1.807) is 0 Å². The Morgan fingerprint density at radius 3 is 2.94 bits per heavy atom. The molecule has 0 radical (unpaired) electrons. The summed E-state index contributed by atoms with van der Waals surface area (Å²) in [7, 11) is 0. The van der Waals surface area contributed by atoms with Gasteiger partial charge in [-0.25, -0.2) is 0 Å².